The van der Waals surface area contributed by atoms with Gasteiger partial charge in [-0.3, -0.25) is 4.98 Å². The molecule has 0 unspecified atom stereocenters. The summed E-state index contributed by atoms with van der Waals surface area (Å²) in [4.78, 5) is 6.05. The maximum absolute atomic E-state index is 5.83. The van der Waals surface area contributed by atoms with Crippen molar-refractivity contribution in [3.8, 4) is 0 Å². The summed E-state index contributed by atoms with van der Waals surface area (Å²) in [6.07, 6.45) is 5.72. The first-order chi connectivity index (χ1) is 7.75. The van der Waals surface area contributed by atoms with Gasteiger partial charge in [-0.05, 0) is 12.5 Å². The van der Waals surface area contributed by atoms with Gasteiger partial charge in [0.15, 0.2) is 0 Å². The van der Waals surface area contributed by atoms with Gasteiger partial charge in [-0.2, -0.15) is 0 Å². The number of hydrogen-bond acceptors (Lipinski definition) is 4. The molecule has 0 amide bonds. The minimum Gasteiger partial charge on any atom is -0.396 e. The first-order valence-electron chi connectivity index (χ1n) is 5.74. The van der Waals surface area contributed by atoms with E-state index < -0.39 is 0 Å². The van der Waals surface area contributed by atoms with E-state index in [4.69, 9.17) is 10.5 Å². The number of aromatic nitrogens is 1. The average molecular weight is 223 g/mol. The standard InChI is InChI=1S/C12H21N3O/c1-3-4-8-16-9-7-15(2)12-5-6-14-10-11(12)13/h5-6,10H,3-4,7-9,13H2,1-2H3. The molecule has 0 radical (unpaired) electrons. The summed E-state index contributed by atoms with van der Waals surface area (Å²) in [5.41, 5.74) is 7.54. The smallest absolute Gasteiger partial charge is 0.0738 e. The molecule has 1 aromatic heterocycles. The number of likely N-dealkylation sites (N-methyl/N-ethyl adjacent to an activating group) is 1. The summed E-state index contributed by atoms with van der Waals surface area (Å²) in [6.45, 7) is 4.58. The first-order valence-corrected chi connectivity index (χ1v) is 5.74. The molecule has 16 heavy (non-hydrogen) atoms. The second kappa shape index (κ2) is 7.06. The van der Waals surface area contributed by atoms with Gasteiger partial charge in [0.25, 0.3) is 0 Å². The van der Waals surface area contributed by atoms with Crippen molar-refractivity contribution in [3.63, 3.8) is 0 Å². The Morgan fingerprint density at radius 3 is 2.94 bits per heavy atom. The fraction of sp³-hybridized carbons (Fsp3) is 0.583. The summed E-state index contributed by atoms with van der Waals surface area (Å²) in [7, 11) is 2.01. The van der Waals surface area contributed by atoms with Gasteiger partial charge in [0.05, 0.1) is 24.2 Å². The number of hydrogen-bond donors (Lipinski definition) is 1. The fourth-order valence-corrected chi connectivity index (χ4v) is 1.42. The molecule has 4 heteroatoms. The zero-order valence-electron chi connectivity index (χ0n) is 10.1. The number of nitrogen functional groups attached to an aromatic ring is 1. The fourth-order valence-electron chi connectivity index (χ4n) is 1.42. The molecule has 2 N–H and O–H groups in total. The predicted octanol–water partition coefficient (Wildman–Crippen LogP) is 1.92. The quantitative estimate of drug-likeness (QED) is 0.717. The van der Waals surface area contributed by atoms with E-state index in [-0.39, 0.29) is 0 Å². The molecule has 4 nitrogen and oxygen atoms in total. The molecule has 0 saturated carbocycles. The van der Waals surface area contributed by atoms with Crippen LogP contribution in [0.4, 0.5) is 11.4 Å². The monoisotopic (exact) mass is 223 g/mol. The molecule has 1 aromatic rings. The van der Waals surface area contributed by atoms with Crippen LogP contribution in [0, 0.1) is 0 Å². The van der Waals surface area contributed by atoms with Crippen LogP contribution >= 0.6 is 0 Å². The van der Waals surface area contributed by atoms with Crippen molar-refractivity contribution in [1.29, 1.82) is 0 Å². The van der Waals surface area contributed by atoms with Crippen LogP contribution in [0.25, 0.3) is 0 Å². The van der Waals surface area contributed by atoms with Crippen LogP contribution in [0.15, 0.2) is 18.5 Å². The van der Waals surface area contributed by atoms with Crippen LogP contribution in [0.5, 0.6) is 0 Å². The highest BCUT2D eigenvalue weighted by molar-refractivity contribution is 5.65. The van der Waals surface area contributed by atoms with Gasteiger partial charge in [-0.25, -0.2) is 0 Å². The van der Waals surface area contributed by atoms with Crippen molar-refractivity contribution < 1.29 is 4.74 Å². The molecule has 0 atom stereocenters. The maximum atomic E-state index is 5.83. The molecule has 90 valence electrons. The van der Waals surface area contributed by atoms with E-state index in [0.717, 1.165) is 31.9 Å². The van der Waals surface area contributed by atoms with Crippen molar-refractivity contribution in [2.24, 2.45) is 0 Å². The Balaban J connectivity index is 2.30. The highest BCUT2D eigenvalue weighted by Gasteiger charge is 2.03. The van der Waals surface area contributed by atoms with Gasteiger partial charge in [-0.15, -0.1) is 0 Å². The minimum absolute atomic E-state index is 0.707. The number of nitrogens with zero attached hydrogens (tertiary/aromatic N) is 2. The van der Waals surface area contributed by atoms with Gasteiger partial charge in [0, 0.05) is 26.4 Å². The maximum Gasteiger partial charge on any atom is 0.0738 e. The minimum atomic E-state index is 0.707. The predicted molar refractivity (Wildman–Crippen MR) is 67.6 cm³/mol. The molecular weight excluding hydrogens is 202 g/mol. The number of pyridine rings is 1. The molecule has 0 aliphatic carbocycles. The summed E-state index contributed by atoms with van der Waals surface area (Å²) in [5.74, 6) is 0. The van der Waals surface area contributed by atoms with Crippen LogP contribution in [-0.2, 0) is 4.74 Å². The second-order valence-corrected chi connectivity index (χ2v) is 3.82. The van der Waals surface area contributed by atoms with Crippen molar-refractivity contribution in [2.45, 2.75) is 19.8 Å². The number of anilines is 2. The second-order valence-electron chi connectivity index (χ2n) is 3.82. The zero-order valence-corrected chi connectivity index (χ0v) is 10.1. The third kappa shape index (κ3) is 4.06. The third-order valence-electron chi connectivity index (χ3n) is 2.45. The lowest BCUT2D eigenvalue weighted by Gasteiger charge is -2.20. The van der Waals surface area contributed by atoms with Crippen molar-refractivity contribution in [2.75, 3.05) is 37.4 Å². The molecule has 1 heterocycles. The van der Waals surface area contributed by atoms with Crippen molar-refractivity contribution in [3.05, 3.63) is 18.5 Å². The Morgan fingerprint density at radius 2 is 2.25 bits per heavy atom. The Hall–Kier alpha value is -1.29. The summed E-state index contributed by atoms with van der Waals surface area (Å²) < 4.78 is 5.51. The summed E-state index contributed by atoms with van der Waals surface area (Å²) in [6, 6.07) is 1.92. The normalized spacial score (nSPS) is 10.4. The van der Waals surface area contributed by atoms with Crippen molar-refractivity contribution in [1.82, 2.24) is 4.98 Å². The molecule has 0 spiro atoms. The number of unbranched alkanes of at least 4 members (excludes halogenated alkanes) is 1. The largest absolute Gasteiger partial charge is 0.396 e. The SMILES string of the molecule is CCCCOCCN(C)c1ccncc1N. The van der Waals surface area contributed by atoms with E-state index in [2.05, 4.69) is 16.8 Å². The summed E-state index contributed by atoms with van der Waals surface area (Å²) >= 11 is 0. The third-order valence-corrected chi connectivity index (χ3v) is 2.45. The molecule has 0 saturated heterocycles. The van der Waals surface area contributed by atoms with E-state index in [1.165, 1.54) is 6.42 Å². The van der Waals surface area contributed by atoms with Gasteiger partial charge in [0.2, 0.25) is 0 Å². The lowest BCUT2D eigenvalue weighted by atomic mass is 10.3. The lowest BCUT2D eigenvalue weighted by Crippen LogP contribution is -2.23. The van der Waals surface area contributed by atoms with Gasteiger partial charge < -0.3 is 15.4 Å². The topological polar surface area (TPSA) is 51.4 Å². The van der Waals surface area contributed by atoms with E-state index in [1.54, 1.807) is 12.4 Å². The van der Waals surface area contributed by atoms with Gasteiger partial charge >= 0.3 is 0 Å². The van der Waals surface area contributed by atoms with Crippen LogP contribution in [-0.4, -0.2) is 31.8 Å². The van der Waals surface area contributed by atoms with Crippen molar-refractivity contribution >= 4 is 11.4 Å². The van der Waals surface area contributed by atoms with Crippen LogP contribution < -0.4 is 10.6 Å². The molecule has 0 aliphatic heterocycles. The Labute approximate surface area is 97.4 Å². The first kappa shape index (κ1) is 12.8. The highest BCUT2D eigenvalue weighted by atomic mass is 16.5. The molecular formula is C12H21N3O. The summed E-state index contributed by atoms with van der Waals surface area (Å²) in [5, 5.41) is 0. The number of rotatable bonds is 7. The van der Waals surface area contributed by atoms with E-state index in [0.29, 0.717) is 5.69 Å². The molecule has 1 rings (SSSR count). The molecule has 0 aliphatic rings. The Bertz CT molecular complexity index is 304. The number of nitrogens with two attached hydrogens (primary N) is 1. The Morgan fingerprint density at radius 1 is 1.44 bits per heavy atom. The van der Waals surface area contributed by atoms with Crippen LogP contribution in [0.3, 0.4) is 0 Å². The molecule has 0 aromatic carbocycles. The Kier molecular flexibility index (Phi) is 5.64. The van der Waals surface area contributed by atoms with E-state index >= 15 is 0 Å². The van der Waals surface area contributed by atoms with Gasteiger partial charge in [0.1, 0.15) is 0 Å². The average Bonchev–Trinajstić information content (AvgIpc) is 2.29. The van der Waals surface area contributed by atoms with Gasteiger partial charge in [-0.1, -0.05) is 13.3 Å². The zero-order chi connectivity index (χ0) is 11.8. The van der Waals surface area contributed by atoms with Crippen LogP contribution in [0.2, 0.25) is 0 Å². The molecule has 0 bridgehead atoms. The van der Waals surface area contributed by atoms with E-state index in [1.807, 2.05) is 13.1 Å². The number of ether oxygens (including phenoxy) is 1. The molecule has 0 fully saturated rings. The lowest BCUT2D eigenvalue weighted by molar-refractivity contribution is 0.138. The van der Waals surface area contributed by atoms with E-state index in [9.17, 15) is 0 Å². The highest BCUT2D eigenvalue weighted by Crippen LogP contribution is 2.19. The van der Waals surface area contributed by atoms with Crippen LogP contribution in [0.1, 0.15) is 19.8 Å².